The number of fused-ring (bicyclic) bond motifs is 3. The van der Waals surface area contributed by atoms with E-state index in [1.54, 1.807) is 0 Å². The van der Waals surface area contributed by atoms with Gasteiger partial charge in [0.25, 0.3) is 0 Å². The smallest absolute Gasteiger partial charge is 0.220 e. The first-order chi connectivity index (χ1) is 12.8. The third-order valence-electron chi connectivity index (χ3n) is 5.77. The Kier molecular flexibility index (Phi) is 5.35. The van der Waals surface area contributed by atoms with Crippen LogP contribution in [0.5, 0.6) is 0 Å². The first-order valence-electron chi connectivity index (χ1n) is 9.97. The van der Waals surface area contributed by atoms with Crippen LogP contribution in [-0.2, 0) is 17.6 Å². The van der Waals surface area contributed by atoms with Gasteiger partial charge in [-0.15, -0.1) is 0 Å². The molecule has 3 heteroatoms. The van der Waals surface area contributed by atoms with Crippen molar-refractivity contribution in [3.05, 3.63) is 59.2 Å². The minimum Gasteiger partial charge on any atom is -0.356 e. The fourth-order valence-corrected chi connectivity index (χ4v) is 4.24. The summed E-state index contributed by atoms with van der Waals surface area (Å²) in [4.78, 5) is 12.0. The molecular weight excluding hydrogens is 320 g/mol. The Morgan fingerprint density at radius 3 is 2.88 bits per heavy atom. The number of nitrogens with one attached hydrogen (secondary N) is 2. The summed E-state index contributed by atoms with van der Waals surface area (Å²) in [6.07, 6.45) is 5.90. The average Bonchev–Trinajstić information content (AvgIpc) is 3.29. The van der Waals surface area contributed by atoms with Crippen LogP contribution in [0.1, 0.15) is 42.4 Å². The predicted octanol–water partition coefficient (Wildman–Crippen LogP) is 3.70. The summed E-state index contributed by atoms with van der Waals surface area (Å²) in [6.45, 7) is 3.06. The molecule has 1 aliphatic carbocycles. The van der Waals surface area contributed by atoms with E-state index in [0.717, 1.165) is 51.2 Å². The van der Waals surface area contributed by atoms with E-state index in [-0.39, 0.29) is 5.91 Å². The summed E-state index contributed by atoms with van der Waals surface area (Å²) >= 11 is 0. The zero-order valence-electron chi connectivity index (χ0n) is 15.4. The van der Waals surface area contributed by atoms with Crippen molar-refractivity contribution in [1.29, 1.82) is 0 Å². The van der Waals surface area contributed by atoms with Crippen molar-refractivity contribution in [3.8, 4) is 11.1 Å². The maximum Gasteiger partial charge on any atom is 0.220 e. The minimum absolute atomic E-state index is 0.197. The van der Waals surface area contributed by atoms with Gasteiger partial charge >= 0.3 is 0 Å². The minimum atomic E-state index is 0.197. The van der Waals surface area contributed by atoms with Crippen molar-refractivity contribution >= 4 is 5.91 Å². The van der Waals surface area contributed by atoms with E-state index in [1.165, 1.54) is 34.2 Å². The van der Waals surface area contributed by atoms with E-state index in [9.17, 15) is 4.79 Å². The average molecular weight is 348 g/mol. The highest BCUT2D eigenvalue weighted by Crippen LogP contribution is 2.36. The fraction of sp³-hybridized carbons (Fsp3) is 0.435. The molecule has 1 heterocycles. The molecule has 3 nitrogen and oxygen atoms in total. The largest absolute Gasteiger partial charge is 0.356 e. The number of hydrogen-bond acceptors (Lipinski definition) is 2. The van der Waals surface area contributed by atoms with E-state index < -0.39 is 0 Å². The van der Waals surface area contributed by atoms with Crippen molar-refractivity contribution in [2.24, 2.45) is 5.92 Å². The monoisotopic (exact) mass is 348 g/mol. The number of hydrogen-bond donors (Lipinski definition) is 2. The molecule has 1 fully saturated rings. The number of carbonyl (C=O) groups excluding carboxylic acids is 1. The van der Waals surface area contributed by atoms with Crippen molar-refractivity contribution in [2.75, 3.05) is 19.6 Å². The molecule has 0 bridgehead atoms. The van der Waals surface area contributed by atoms with Gasteiger partial charge in [-0.05, 0) is 78.9 Å². The SMILES string of the molecule is O=C(CCCc1ccc2c(c1)-c1ccccc1C2)NCCC1CCNC1. The lowest BCUT2D eigenvalue weighted by atomic mass is 10.00. The molecule has 1 saturated heterocycles. The molecule has 0 saturated carbocycles. The summed E-state index contributed by atoms with van der Waals surface area (Å²) in [6, 6.07) is 15.5. The highest BCUT2D eigenvalue weighted by molar-refractivity contribution is 5.77. The van der Waals surface area contributed by atoms with Crippen molar-refractivity contribution in [2.45, 2.75) is 38.5 Å². The summed E-state index contributed by atoms with van der Waals surface area (Å²) in [5.41, 5.74) is 6.95. The van der Waals surface area contributed by atoms with Gasteiger partial charge in [0.1, 0.15) is 0 Å². The second-order valence-electron chi connectivity index (χ2n) is 7.68. The third-order valence-corrected chi connectivity index (χ3v) is 5.77. The molecule has 2 aromatic rings. The van der Waals surface area contributed by atoms with Gasteiger partial charge in [0.15, 0.2) is 0 Å². The lowest BCUT2D eigenvalue weighted by molar-refractivity contribution is -0.121. The Bertz CT molecular complexity index is 778. The van der Waals surface area contributed by atoms with Crippen LogP contribution in [0.2, 0.25) is 0 Å². The first kappa shape index (κ1) is 17.3. The topological polar surface area (TPSA) is 41.1 Å². The third kappa shape index (κ3) is 3.99. The Morgan fingerprint density at radius 2 is 2.00 bits per heavy atom. The second-order valence-corrected chi connectivity index (χ2v) is 7.68. The van der Waals surface area contributed by atoms with Crippen LogP contribution in [0, 0.1) is 5.92 Å². The van der Waals surface area contributed by atoms with Crippen LogP contribution in [0.4, 0.5) is 0 Å². The molecule has 1 aliphatic heterocycles. The zero-order chi connectivity index (χ0) is 17.8. The molecule has 2 aliphatic rings. The lowest BCUT2D eigenvalue weighted by Crippen LogP contribution is -2.26. The van der Waals surface area contributed by atoms with Crippen LogP contribution >= 0.6 is 0 Å². The molecule has 0 radical (unpaired) electrons. The number of rotatable bonds is 7. The molecule has 0 aromatic heterocycles. The molecule has 1 amide bonds. The molecule has 136 valence electrons. The summed E-state index contributed by atoms with van der Waals surface area (Å²) < 4.78 is 0. The Morgan fingerprint density at radius 1 is 1.12 bits per heavy atom. The molecular formula is C23H28N2O. The highest BCUT2D eigenvalue weighted by atomic mass is 16.1. The fourth-order valence-electron chi connectivity index (χ4n) is 4.24. The summed E-state index contributed by atoms with van der Waals surface area (Å²) in [5, 5.41) is 6.46. The van der Waals surface area contributed by atoms with E-state index in [4.69, 9.17) is 0 Å². The van der Waals surface area contributed by atoms with E-state index in [1.807, 2.05) is 0 Å². The zero-order valence-corrected chi connectivity index (χ0v) is 15.4. The van der Waals surface area contributed by atoms with Crippen molar-refractivity contribution in [1.82, 2.24) is 10.6 Å². The predicted molar refractivity (Wildman–Crippen MR) is 106 cm³/mol. The first-order valence-corrected chi connectivity index (χ1v) is 9.97. The lowest BCUT2D eigenvalue weighted by Gasteiger charge is -2.09. The molecule has 1 atom stereocenters. The molecule has 4 rings (SSSR count). The van der Waals surface area contributed by atoms with E-state index in [0.29, 0.717) is 6.42 Å². The van der Waals surface area contributed by atoms with Gasteiger partial charge < -0.3 is 10.6 Å². The van der Waals surface area contributed by atoms with E-state index in [2.05, 4.69) is 53.1 Å². The molecule has 26 heavy (non-hydrogen) atoms. The second kappa shape index (κ2) is 8.05. The van der Waals surface area contributed by atoms with Gasteiger partial charge in [-0.25, -0.2) is 0 Å². The maximum absolute atomic E-state index is 12.0. The molecule has 2 aromatic carbocycles. The van der Waals surface area contributed by atoms with Crippen molar-refractivity contribution in [3.63, 3.8) is 0 Å². The maximum atomic E-state index is 12.0. The van der Waals surface area contributed by atoms with Crippen molar-refractivity contribution < 1.29 is 4.79 Å². The quantitative estimate of drug-likeness (QED) is 0.684. The number of aryl methyl sites for hydroxylation is 1. The van der Waals surface area contributed by atoms with Gasteiger partial charge in [-0.1, -0.05) is 42.5 Å². The Balaban J connectivity index is 1.24. The van der Waals surface area contributed by atoms with Gasteiger partial charge in [0.2, 0.25) is 5.91 Å². The Labute approximate surface area is 156 Å². The van der Waals surface area contributed by atoms with Crippen LogP contribution in [-0.4, -0.2) is 25.5 Å². The summed E-state index contributed by atoms with van der Waals surface area (Å²) in [5.74, 6) is 0.937. The van der Waals surface area contributed by atoms with Crippen LogP contribution in [0.25, 0.3) is 11.1 Å². The standard InChI is InChI=1S/C23H28N2O/c26-23(25-13-11-18-10-12-24-16-18)7-3-4-17-8-9-20-15-19-5-1-2-6-21(19)22(20)14-17/h1-2,5-6,8-9,14,18,24H,3-4,7,10-13,15-16H2,(H,25,26). The van der Waals surface area contributed by atoms with Gasteiger partial charge in [0, 0.05) is 13.0 Å². The Hall–Kier alpha value is -2.13. The number of carbonyl (C=O) groups is 1. The number of amides is 1. The van der Waals surface area contributed by atoms with Gasteiger partial charge in [-0.2, -0.15) is 0 Å². The molecule has 0 spiro atoms. The van der Waals surface area contributed by atoms with Gasteiger partial charge in [0.05, 0.1) is 0 Å². The molecule has 1 unspecified atom stereocenters. The van der Waals surface area contributed by atoms with Crippen LogP contribution in [0.15, 0.2) is 42.5 Å². The van der Waals surface area contributed by atoms with Gasteiger partial charge in [-0.3, -0.25) is 4.79 Å². The van der Waals surface area contributed by atoms with Crippen LogP contribution < -0.4 is 10.6 Å². The van der Waals surface area contributed by atoms with E-state index >= 15 is 0 Å². The highest BCUT2D eigenvalue weighted by Gasteiger charge is 2.18. The van der Waals surface area contributed by atoms with Crippen LogP contribution in [0.3, 0.4) is 0 Å². The normalized spacial score (nSPS) is 17.8. The molecule has 2 N–H and O–H groups in total. The summed E-state index contributed by atoms with van der Waals surface area (Å²) in [7, 11) is 0. The number of benzene rings is 2.